The van der Waals surface area contributed by atoms with Gasteiger partial charge in [0.15, 0.2) is 12.2 Å². The van der Waals surface area contributed by atoms with E-state index in [9.17, 15) is 43.2 Å². The molecule has 3 N–H and O–H groups in total. The number of carbonyl (C=O) groups is 4. The van der Waals surface area contributed by atoms with E-state index in [1.165, 1.54) is 321 Å². The normalized spacial score (nSPS) is 13.6. The number of unbranched alkanes of at least 4 members (excludes halogenated alkanes) is 66. The molecule has 654 valence electrons. The van der Waals surface area contributed by atoms with Gasteiger partial charge in [0.25, 0.3) is 0 Å². The van der Waals surface area contributed by atoms with Gasteiger partial charge in [-0.1, -0.05) is 451 Å². The predicted molar refractivity (Wildman–Crippen MR) is 455 cm³/mol. The Kier molecular flexibility index (Phi) is 83.5. The lowest BCUT2D eigenvalue weighted by Gasteiger charge is -2.21. The van der Waals surface area contributed by atoms with Gasteiger partial charge in [-0.05, 0) is 25.7 Å². The fraction of sp³-hybridized carbons (Fsp3) is 0.956. The topological polar surface area (TPSA) is 237 Å². The molecule has 0 bridgehead atoms. The summed E-state index contributed by atoms with van der Waals surface area (Å²) in [6.45, 7) is 5.04. The first-order valence-electron chi connectivity index (χ1n) is 47.3. The number of aliphatic hydroxyl groups excluding tert-OH is 1. The summed E-state index contributed by atoms with van der Waals surface area (Å²) in [5.41, 5.74) is 0. The highest BCUT2D eigenvalue weighted by Gasteiger charge is 2.31. The fourth-order valence-corrected chi connectivity index (χ4v) is 16.0. The molecule has 0 aliphatic heterocycles. The summed E-state index contributed by atoms with van der Waals surface area (Å²) in [5, 5.41) is 10.7. The van der Waals surface area contributed by atoms with Crippen LogP contribution in [0, 0.1) is 0 Å². The highest BCUT2D eigenvalue weighted by Crippen LogP contribution is 2.45. The van der Waals surface area contributed by atoms with Crippen molar-refractivity contribution in [1.29, 1.82) is 0 Å². The molecule has 0 heterocycles. The number of phosphoric acid groups is 2. The van der Waals surface area contributed by atoms with Crippen LogP contribution in [0.3, 0.4) is 0 Å². The molecule has 5 atom stereocenters. The minimum absolute atomic E-state index is 0.109. The molecular weight excluding hydrogens is 1430 g/mol. The molecule has 0 aromatic heterocycles. The predicted octanol–water partition coefficient (Wildman–Crippen LogP) is 28.5. The molecule has 0 aliphatic carbocycles. The van der Waals surface area contributed by atoms with Crippen LogP contribution in [0.5, 0.6) is 0 Å². The Balaban J connectivity index is 5.13. The van der Waals surface area contributed by atoms with E-state index in [4.69, 9.17) is 37.0 Å². The number of phosphoric ester groups is 2. The van der Waals surface area contributed by atoms with Gasteiger partial charge in [0.1, 0.15) is 19.3 Å². The Morgan fingerprint density at radius 3 is 0.536 bits per heavy atom. The number of aliphatic hydroxyl groups is 1. The van der Waals surface area contributed by atoms with Crippen molar-refractivity contribution < 1.29 is 80.2 Å². The minimum atomic E-state index is -4.97. The second-order valence-electron chi connectivity index (χ2n) is 32.7. The first-order valence-corrected chi connectivity index (χ1v) is 50.3. The average Bonchev–Trinajstić information content (AvgIpc) is 0.898. The lowest BCUT2D eigenvalue weighted by atomic mass is 10.0. The zero-order valence-corrected chi connectivity index (χ0v) is 74.0. The lowest BCUT2D eigenvalue weighted by molar-refractivity contribution is -0.161. The number of hydrogen-bond acceptors (Lipinski definition) is 15. The number of rotatable bonds is 92. The van der Waals surface area contributed by atoms with Crippen LogP contribution in [0.4, 0.5) is 0 Å². The molecule has 0 saturated heterocycles. The van der Waals surface area contributed by atoms with E-state index in [-0.39, 0.29) is 25.7 Å². The Morgan fingerprint density at radius 1 is 0.218 bits per heavy atom. The van der Waals surface area contributed by atoms with Crippen LogP contribution in [0.15, 0.2) is 0 Å². The van der Waals surface area contributed by atoms with Crippen LogP contribution in [0.2, 0.25) is 0 Å². The van der Waals surface area contributed by atoms with Crippen LogP contribution in [0.1, 0.15) is 503 Å². The second-order valence-corrected chi connectivity index (χ2v) is 35.6. The lowest BCUT2D eigenvalue weighted by Crippen LogP contribution is -2.30. The van der Waals surface area contributed by atoms with Crippen LogP contribution < -0.4 is 0 Å². The molecule has 0 saturated carbocycles. The van der Waals surface area contributed by atoms with Crippen LogP contribution in [-0.2, 0) is 65.4 Å². The van der Waals surface area contributed by atoms with Crippen molar-refractivity contribution in [1.82, 2.24) is 0 Å². The Hall–Kier alpha value is -1.94. The SMILES string of the molecule is CCCCCCCCCCCCCCCCCCCCCCCC(=O)OC[C@H](COP(=O)(O)OC[C@@H](O)COP(=O)(O)OC[C@@H](COC(=O)CCCCCCCCC)OC(=O)CCCCCCCCCCCCCCCCCCCCCCC)OC(=O)CCCCCCCCCCCCCCCCCCCCCCC. The van der Waals surface area contributed by atoms with Crippen molar-refractivity contribution in [2.75, 3.05) is 39.6 Å². The summed E-state index contributed by atoms with van der Waals surface area (Å²) >= 11 is 0. The molecule has 0 spiro atoms. The van der Waals surface area contributed by atoms with E-state index in [0.717, 1.165) is 103 Å². The van der Waals surface area contributed by atoms with Gasteiger partial charge >= 0.3 is 39.5 Å². The monoisotopic (exact) mass is 1610 g/mol. The van der Waals surface area contributed by atoms with Crippen LogP contribution in [0.25, 0.3) is 0 Å². The van der Waals surface area contributed by atoms with Crippen molar-refractivity contribution in [3.05, 3.63) is 0 Å². The summed E-state index contributed by atoms with van der Waals surface area (Å²) < 4.78 is 68.9. The van der Waals surface area contributed by atoms with Gasteiger partial charge in [-0.15, -0.1) is 0 Å². The van der Waals surface area contributed by atoms with E-state index in [2.05, 4.69) is 27.7 Å². The molecule has 0 aromatic rings. The third-order valence-corrected chi connectivity index (χ3v) is 23.5. The highest BCUT2D eigenvalue weighted by molar-refractivity contribution is 7.47. The maximum absolute atomic E-state index is 13.2. The molecule has 19 heteroatoms. The number of hydrogen-bond donors (Lipinski definition) is 3. The maximum atomic E-state index is 13.2. The van der Waals surface area contributed by atoms with Gasteiger partial charge in [-0.25, -0.2) is 9.13 Å². The van der Waals surface area contributed by atoms with Gasteiger partial charge in [0.05, 0.1) is 26.4 Å². The van der Waals surface area contributed by atoms with E-state index in [0.29, 0.717) is 25.7 Å². The zero-order valence-electron chi connectivity index (χ0n) is 72.3. The molecule has 0 aliphatic rings. The summed E-state index contributed by atoms with van der Waals surface area (Å²) in [6.07, 6.45) is 82.5. The molecule has 0 aromatic carbocycles. The third-order valence-electron chi connectivity index (χ3n) is 21.6. The van der Waals surface area contributed by atoms with Crippen molar-refractivity contribution in [2.24, 2.45) is 0 Å². The maximum Gasteiger partial charge on any atom is 0.472 e. The number of ether oxygens (including phenoxy) is 4. The molecule has 0 fully saturated rings. The number of esters is 4. The smallest absolute Gasteiger partial charge is 0.462 e. The molecule has 2 unspecified atom stereocenters. The van der Waals surface area contributed by atoms with E-state index < -0.39 is 97.5 Å². The second kappa shape index (κ2) is 85.0. The molecular formula is C91H178O17P2. The quantitative estimate of drug-likeness (QED) is 0.0222. The van der Waals surface area contributed by atoms with Crippen molar-refractivity contribution in [2.45, 2.75) is 521 Å². The van der Waals surface area contributed by atoms with Crippen molar-refractivity contribution in [3.63, 3.8) is 0 Å². The average molecular weight is 1610 g/mol. The summed E-state index contributed by atoms with van der Waals surface area (Å²) in [5.74, 6) is -2.10. The van der Waals surface area contributed by atoms with Gasteiger partial charge in [0, 0.05) is 25.7 Å². The third kappa shape index (κ3) is 84.0. The summed E-state index contributed by atoms with van der Waals surface area (Å²) in [4.78, 5) is 73.2. The zero-order chi connectivity index (χ0) is 80.3. The Bertz CT molecular complexity index is 2070. The Morgan fingerprint density at radius 2 is 0.364 bits per heavy atom. The van der Waals surface area contributed by atoms with Crippen LogP contribution >= 0.6 is 15.6 Å². The van der Waals surface area contributed by atoms with E-state index in [1.807, 2.05) is 0 Å². The first kappa shape index (κ1) is 108. The molecule has 0 amide bonds. The van der Waals surface area contributed by atoms with Gasteiger partial charge < -0.3 is 33.8 Å². The first-order chi connectivity index (χ1) is 53.7. The van der Waals surface area contributed by atoms with Gasteiger partial charge in [-0.2, -0.15) is 0 Å². The summed E-state index contributed by atoms with van der Waals surface area (Å²) in [7, 11) is -9.93. The van der Waals surface area contributed by atoms with Gasteiger partial charge in [0.2, 0.25) is 0 Å². The molecule has 110 heavy (non-hydrogen) atoms. The largest absolute Gasteiger partial charge is 0.472 e. The van der Waals surface area contributed by atoms with Gasteiger partial charge in [-0.3, -0.25) is 37.3 Å². The minimum Gasteiger partial charge on any atom is -0.462 e. The van der Waals surface area contributed by atoms with E-state index in [1.54, 1.807) is 0 Å². The van der Waals surface area contributed by atoms with Crippen molar-refractivity contribution >= 4 is 39.5 Å². The van der Waals surface area contributed by atoms with Crippen molar-refractivity contribution in [3.8, 4) is 0 Å². The molecule has 0 rings (SSSR count). The highest BCUT2D eigenvalue weighted by atomic mass is 31.2. The Labute approximate surface area is 677 Å². The molecule has 17 nitrogen and oxygen atoms in total. The molecule has 0 radical (unpaired) electrons. The standard InChI is InChI=1S/C91H178O17P2/c1-5-9-13-17-21-24-27-30-33-36-39-42-45-48-51-54-57-60-64-68-72-76-89(94)102-82-87(108-91(96)78-74-70-66-62-59-56-53-50-47-44-41-38-35-32-29-26-23-19-15-11-7-3)84-106-110(99,100)104-80-85(92)79-103-109(97,98)105-83-86(81-101-88(93)75-71-67-63-20-16-12-8-4)107-90(95)77-73-69-65-61-58-55-52-49-46-43-40-37-34-31-28-25-22-18-14-10-6-2/h85-87,92H,5-84H2,1-4H3,(H,97,98)(H,99,100)/t85-,86+,87+/m0/s1. The van der Waals surface area contributed by atoms with E-state index >= 15 is 0 Å². The summed E-state index contributed by atoms with van der Waals surface area (Å²) in [6, 6.07) is 0. The fourth-order valence-electron chi connectivity index (χ4n) is 14.4. The van der Waals surface area contributed by atoms with Crippen LogP contribution in [-0.4, -0.2) is 96.7 Å². The number of carbonyl (C=O) groups excluding carboxylic acids is 4.